The summed E-state index contributed by atoms with van der Waals surface area (Å²) in [5.74, 6) is 0.0819. The molecule has 0 unspecified atom stereocenters. The van der Waals surface area contributed by atoms with Crippen molar-refractivity contribution < 1.29 is 32.9 Å². The van der Waals surface area contributed by atoms with E-state index in [0.29, 0.717) is 30.2 Å². The van der Waals surface area contributed by atoms with E-state index in [1.54, 1.807) is 30.0 Å². The molecule has 1 atom stereocenters. The second kappa shape index (κ2) is 9.95. The molecule has 0 aliphatic carbocycles. The normalized spacial score (nSPS) is 18.5. The van der Waals surface area contributed by atoms with Crippen LogP contribution in [0.15, 0.2) is 28.8 Å². The molecule has 34 heavy (non-hydrogen) atoms. The molecule has 0 bridgehead atoms. The minimum absolute atomic E-state index is 0.162. The summed E-state index contributed by atoms with van der Waals surface area (Å²) in [7, 11) is 0. The highest BCUT2D eigenvalue weighted by Crippen LogP contribution is 2.28. The lowest BCUT2D eigenvalue weighted by atomic mass is 10.2. The standard InChI is InChI=1S/C21H25FN6O6/c1-13-9-19(25-34-13)24-20(30)28-6-5-26(7-8-32-28)18-4-3-15(10-17(18)22)27-12-16(33-21(27)31)11-23-14(2)29/h3-4,9-10,16H,5-8,11-12H2,1-2H3,(H,23,29)(H,24,25,30)/t16-/m0/s1. The van der Waals surface area contributed by atoms with Gasteiger partial charge in [-0.25, -0.2) is 19.0 Å². The van der Waals surface area contributed by atoms with Gasteiger partial charge in [-0.2, -0.15) is 0 Å². The fourth-order valence-electron chi connectivity index (χ4n) is 3.66. The van der Waals surface area contributed by atoms with Gasteiger partial charge in [-0.05, 0) is 25.1 Å². The molecule has 1 aromatic carbocycles. The zero-order valence-corrected chi connectivity index (χ0v) is 18.7. The lowest BCUT2D eigenvalue weighted by molar-refractivity contribution is -0.119. The number of halogens is 1. The maximum absolute atomic E-state index is 15.0. The molecule has 0 saturated carbocycles. The number of hydrogen-bond donors (Lipinski definition) is 2. The van der Waals surface area contributed by atoms with E-state index in [9.17, 15) is 14.4 Å². The third kappa shape index (κ3) is 5.36. The zero-order chi connectivity index (χ0) is 24.2. The molecule has 4 amide bonds. The Bertz CT molecular complexity index is 1080. The summed E-state index contributed by atoms with van der Waals surface area (Å²) in [6.07, 6.45) is -1.12. The molecular weight excluding hydrogens is 451 g/mol. The summed E-state index contributed by atoms with van der Waals surface area (Å²) in [6, 6.07) is 5.54. The Morgan fingerprint density at radius 2 is 2.06 bits per heavy atom. The average Bonchev–Trinajstić information content (AvgIpc) is 3.27. The summed E-state index contributed by atoms with van der Waals surface area (Å²) >= 11 is 0. The number of ether oxygens (including phenoxy) is 1. The first-order valence-corrected chi connectivity index (χ1v) is 10.7. The Morgan fingerprint density at radius 1 is 1.24 bits per heavy atom. The summed E-state index contributed by atoms with van der Waals surface area (Å²) in [5.41, 5.74) is 0.677. The summed E-state index contributed by atoms with van der Waals surface area (Å²) in [5, 5.41) is 10.1. The largest absolute Gasteiger partial charge is 0.442 e. The van der Waals surface area contributed by atoms with Crippen molar-refractivity contribution in [1.29, 1.82) is 0 Å². The Balaban J connectivity index is 1.37. The van der Waals surface area contributed by atoms with Gasteiger partial charge in [-0.1, -0.05) is 5.16 Å². The van der Waals surface area contributed by atoms with Crippen molar-refractivity contribution in [2.45, 2.75) is 20.0 Å². The number of urea groups is 1. The Hall–Kier alpha value is -3.87. The van der Waals surface area contributed by atoms with Gasteiger partial charge in [-0.3, -0.25) is 19.8 Å². The Labute approximate surface area is 194 Å². The number of aryl methyl sites for hydroxylation is 1. The zero-order valence-electron chi connectivity index (χ0n) is 18.7. The maximum Gasteiger partial charge on any atom is 0.414 e. The molecule has 0 spiro atoms. The fourth-order valence-corrected chi connectivity index (χ4v) is 3.66. The van der Waals surface area contributed by atoms with Crippen LogP contribution in [0.5, 0.6) is 0 Å². The first-order chi connectivity index (χ1) is 16.3. The van der Waals surface area contributed by atoms with Crippen molar-refractivity contribution >= 4 is 35.2 Å². The first kappa shape index (κ1) is 23.3. The van der Waals surface area contributed by atoms with Crippen molar-refractivity contribution in [1.82, 2.24) is 15.5 Å². The van der Waals surface area contributed by atoms with E-state index in [0.717, 1.165) is 5.06 Å². The molecule has 2 saturated heterocycles. The third-order valence-electron chi connectivity index (χ3n) is 5.31. The van der Waals surface area contributed by atoms with Gasteiger partial charge in [0, 0.05) is 26.1 Å². The Morgan fingerprint density at radius 3 is 2.76 bits per heavy atom. The molecule has 2 fully saturated rings. The summed E-state index contributed by atoms with van der Waals surface area (Å²) in [6.45, 7) is 4.50. The number of hydrogen-bond acceptors (Lipinski definition) is 8. The van der Waals surface area contributed by atoms with Crippen LogP contribution in [0.25, 0.3) is 0 Å². The summed E-state index contributed by atoms with van der Waals surface area (Å²) < 4.78 is 25.2. The molecule has 2 N–H and O–H groups in total. The molecule has 0 radical (unpaired) electrons. The van der Waals surface area contributed by atoms with Gasteiger partial charge in [0.15, 0.2) is 5.82 Å². The molecule has 12 nitrogen and oxygen atoms in total. The molecular formula is C21H25FN6O6. The number of aromatic nitrogens is 1. The second-order valence-electron chi connectivity index (χ2n) is 7.86. The molecule has 2 aliphatic heterocycles. The number of benzene rings is 1. The van der Waals surface area contributed by atoms with Crippen LogP contribution in [0.3, 0.4) is 0 Å². The molecule has 3 heterocycles. The fraction of sp³-hybridized carbons (Fsp3) is 0.429. The van der Waals surface area contributed by atoms with Crippen molar-refractivity contribution in [2.75, 3.05) is 54.4 Å². The molecule has 182 valence electrons. The number of nitrogens with one attached hydrogen (secondary N) is 2. The van der Waals surface area contributed by atoms with Crippen LogP contribution in [-0.4, -0.2) is 73.7 Å². The lowest BCUT2D eigenvalue weighted by Gasteiger charge is -2.23. The molecule has 2 aliphatic rings. The SMILES string of the molecule is CC(=O)NC[C@H]1CN(c2ccc(N3CCON(C(=O)Nc4cc(C)on4)CC3)c(F)c2)C(=O)O1. The van der Waals surface area contributed by atoms with Gasteiger partial charge >= 0.3 is 12.1 Å². The number of amides is 4. The van der Waals surface area contributed by atoms with Gasteiger partial charge in [-0.15, -0.1) is 0 Å². The minimum Gasteiger partial charge on any atom is -0.442 e. The average molecular weight is 476 g/mol. The smallest absolute Gasteiger partial charge is 0.414 e. The van der Waals surface area contributed by atoms with Gasteiger partial charge in [0.25, 0.3) is 0 Å². The van der Waals surface area contributed by atoms with E-state index in [-0.39, 0.29) is 38.0 Å². The predicted molar refractivity (Wildman–Crippen MR) is 118 cm³/mol. The lowest BCUT2D eigenvalue weighted by Crippen LogP contribution is -2.37. The quantitative estimate of drug-likeness (QED) is 0.669. The highest BCUT2D eigenvalue weighted by atomic mass is 19.1. The predicted octanol–water partition coefficient (Wildman–Crippen LogP) is 1.87. The number of anilines is 3. The number of nitrogens with zero attached hydrogens (tertiary/aromatic N) is 4. The third-order valence-corrected chi connectivity index (χ3v) is 5.31. The number of carbonyl (C=O) groups excluding carboxylic acids is 3. The van der Waals surface area contributed by atoms with Crippen molar-refractivity contribution in [3.05, 3.63) is 35.8 Å². The van der Waals surface area contributed by atoms with Crippen LogP contribution in [0, 0.1) is 12.7 Å². The second-order valence-corrected chi connectivity index (χ2v) is 7.86. The van der Waals surface area contributed by atoms with Crippen LogP contribution in [-0.2, 0) is 14.4 Å². The first-order valence-electron chi connectivity index (χ1n) is 10.7. The van der Waals surface area contributed by atoms with E-state index in [2.05, 4.69) is 15.8 Å². The van der Waals surface area contributed by atoms with E-state index in [1.807, 2.05) is 0 Å². The Kier molecular flexibility index (Phi) is 6.82. The van der Waals surface area contributed by atoms with Crippen LogP contribution >= 0.6 is 0 Å². The van der Waals surface area contributed by atoms with E-state index in [1.165, 1.54) is 17.9 Å². The minimum atomic E-state index is -0.602. The van der Waals surface area contributed by atoms with Crippen molar-refractivity contribution in [3.8, 4) is 0 Å². The van der Waals surface area contributed by atoms with E-state index >= 15 is 4.39 Å². The van der Waals surface area contributed by atoms with Gasteiger partial charge < -0.3 is 19.5 Å². The topological polar surface area (TPSA) is 129 Å². The number of carbonyl (C=O) groups is 3. The molecule has 1 aromatic heterocycles. The van der Waals surface area contributed by atoms with Gasteiger partial charge in [0.1, 0.15) is 17.7 Å². The van der Waals surface area contributed by atoms with Crippen LogP contribution < -0.4 is 20.4 Å². The van der Waals surface area contributed by atoms with Crippen LogP contribution in [0.2, 0.25) is 0 Å². The monoisotopic (exact) mass is 476 g/mol. The van der Waals surface area contributed by atoms with Crippen molar-refractivity contribution in [3.63, 3.8) is 0 Å². The van der Waals surface area contributed by atoms with Crippen molar-refractivity contribution in [2.24, 2.45) is 0 Å². The van der Waals surface area contributed by atoms with Gasteiger partial charge in [0.2, 0.25) is 5.91 Å². The highest BCUT2D eigenvalue weighted by molar-refractivity contribution is 5.90. The summed E-state index contributed by atoms with van der Waals surface area (Å²) in [4.78, 5) is 44.3. The molecule has 4 rings (SSSR count). The molecule has 13 heteroatoms. The van der Waals surface area contributed by atoms with E-state index in [4.69, 9.17) is 14.1 Å². The van der Waals surface area contributed by atoms with Crippen LogP contribution in [0.4, 0.5) is 31.2 Å². The number of rotatable bonds is 5. The maximum atomic E-state index is 15.0. The number of hydroxylamine groups is 2. The highest BCUT2D eigenvalue weighted by Gasteiger charge is 2.33. The van der Waals surface area contributed by atoms with E-state index < -0.39 is 24.0 Å². The van der Waals surface area contributed by atoms with Gasteiger partial charge in [0.05, 0.1) is 37.6 Å². The molecule has 2 aromatic rings. The van der Waals surface area contributed by atoms with Crippen LogP contribution in [0.1, 0.15) is 12.7 Å². The number of cyclic esters (lactones) is 1.